The SMILES string of the molecule is CCCC1CCC(C2CCC(C(C)c3ccccc3C3(CCC)CCC(C(=O)[O-])CC3F)CC2)CC1. The molecule has 1 aromatic rings. The number of rotatable bonds is 9. The van der Waals surface area contributed by atoms with Crippen LogP contribution in [-0.4, -0.2) is 12.1 Å². The summed E-state index contributed by atoms with van der Waals surface area (Å²) in [6.07, 6.45) is 15.6. The molecule has 0 aliphatic heterocycles. The first-order chi connectivity index (χ1) is 17.4. The van der Waals surface area contributed by atoms with Crippen LogP contribution in [0.15, 0.2) is 24.3 Å². The molecule has 0 bridgehead atoms. The van der Waals surface area contributed by atoms with Gasteiger partial charge in [0.05, 0.1) is 0 Å². The zero-order valence-corrected chi connectivity index (χ0v) is 23.2. The first kappa shape index (κ1) is 27.6. The van der Waals surface area contributed by atoms with E-state index in [0.717, 1.165) is 30.6 Å². The lowest BCUT2D eigenvalue weighted by Gasteiger charge is -2.46. The topological polar surface area (TPSA) is 40.1 Å². The maximum atomic E-state index is 15.9. The van der Waals surface area contributed by atoms with Crippen LogP contribution in [-0.2, 0) is 10.2 Å². The highest BCUT2D eigenvalue weighted by atomic mass is 19.1. The van der Waals surface area contributed by atoms with Crippen molar-refractivity contribution in [2.75, 3.05) is 0 Å². The van der Waals surface area contributed by atoms with Crippen LogP contribution in [0.1, 0.15) is 134 Å². The molecule has 3 aliphatic carbocycles. The van der Waals surface area contributed by atoms with E-state index in [0.29, 0.717) is 24.7 Å². The summed E-state index contributed by atoms with van der Waals surface area (Å²) in [6.45, 7) is 6.82. The Morgan fingerprint density at radius 2 is 1.61 bits per heavy atom. The standard InChI is InChI=1S/C33H51FO2/c1-4-8-24-11-13-26(14-12-24)27-17-15-25(16-18-27)23(3)29-9-6-7-10-30(29)33(20-5-2)21-19-28(32(35)36)22-31(33)34/h6-7,9-10,23-28,31H,4-5,8,11-22H2,1-3H3,(H,35,36)/p-1. The van der Waals surface area contributed by atoms with Crippen LogP contribution in [0.3, 0.4) is 0 Å². The second kappa shape index (κ2) is 12.4. The summed E-state index contributed by atoms with van der Waals surface area (Å²) >= 11 is 0. The molecule has 1 aromatic carbocycles. The number of alkyl halides is 1. The van der Waals surface area contributed by atoms with Gasteiger partial charge in [-0.05, 0) is 105 Å². The zero-order chi connectivity index (χ0) is 25.7. The molecule has 0 amide bonds. The summed E-state index contributed by atoms with van der Waals surface area (Å²) in [5, 5.41) is 11.5. The van der Waals surface area contributed by atoms with Crippen LogP contribution in [0.4, 0.5) is 4.39 Å². The van der Waals surface area contributed by atoms with E-state index in [1.165, 1.54) is 75.3 Å². The van der Waals surface area contributed by atoms with Gasteiger partial charge in [0.2, 0.25) is 0 Å². The summed E-state index contributed by atoms with van der Waals surface area (Å²) in [6, 6.07) is 8.59. The lowest BCUT2D eigenvalue weighted by atomic mass is 9.60. The van der Waals surface area contributed by atoms with Crippen molar-refractivity contribution in [2.45, 2.75) is 135 Å². The number of carboxylic acid groups (broad SMARTS) is 1. The second-order valence-corrected chi connectivity index (χ2v) is 12.8. The largest absolute Gasteiger partial charge is 0.550 e. The van der Waals surface area contributed by atoms with Crippen LogP contribution in [0, 0.1) is 29.6 Å². The van der Waals surface area contributed by atoms with Crippen molar-refractivity contribution in [3.8, 4) is 0 Å². The highest BCUT2D eigenvalue weighted by molar-refractivity contribution is 5.68. The quantitative estimate of drug-likeness (QED) is 0.345. The monoisotopic (exact) mass is 497 g/mol. The molecule has 0 radical (unpaired) electrons. The Balaban J connectivity index is 1.44. The maximum absolute atomic E-state index is 15.9. The average Bonchev–Trinajstić information content (AvgIpc) is 2.90. The van der Waals surface area contributed by atoms with Crippen molar-refractivity contribution < 1.29 is 14.3 Å². The van der Waals surface area contributed by atoms with Gasteiger partial charge < -0.3 is 9.90 Å². The van der Waals surface area contributed by atoms with Crippen LogP contribution >= 0.6 is 0 Å². The van der Waals surface area contributed by atoms with Crippen molar-refractivity contribution in [2.24, 2.45) is 29.6 Å². The van der Waals surface area contributed by atoms with Gasteiger partial charge in [-0.25, -0.2) is 4.39 Å². The van der Waals surface area contributed by atoms with Crippen LogP contribution < -0.4 is 5.11 Å². The third kappa shape index (κ3) is 5.86. The number of carbonyl (C=O) groups excluding carboxylic acids is 1. The molecule has 2 nitrogen and oxygen atoms in total. The Bertz CT molecular complexity index is 836. The van der Waals surface area contributed by atoms with Crippen LogP contribution in [0.5, 0.6) is 0 Å². The first-order valence-electron chi connectivity index (χ1n) is 15.3. The van der Waals surface area contributed by atoms with E-state index in [9.17, 15) is 9.90 Å². The molecule has 3 heteroatoms. The van der Waals surface area contributed by atoms with Crippen LogP contribution in [0.25, 0.3) is 0 Å². The molecule has 3 saturated carbocycles. The molecule has 3 fully saturated rings. The summed E-state index contributed by atoms with van der Waals surface area (Å²) in [4.78, 5) is 11.5. The molecular weight excluding hydrogens is 447 g/mol. The Morgan fingerprint density at radius 1 is 0.972 bits per heavy atom. The number of benzene rings is 1. The molecule has 0 N–H and O–H groups in total. The van der Waals surface area contributed by atoms with Crippen molar-refractivity contribution in [1.82, 2.24) is 0 Å². The first-order valence-corrected chi connectivity index (χ1v) is 15.3. The number of hydrogen-bond donors (Lipinski definition) is 0. The van der Waals surface area contributed by atoms with E-state index >= 15 is 4.39 Å². The smallest absolute Gasteiger partial charge is 0.110 e. The zero-order valence-electron chi connectivity index (χ0n) is 23.2. The fourth-order valence-electron chi connectivity index (χ4n) is 8.64. The fraction of sp³-hybridized carbons (Fsp3) is 0.788. The van der Waals surface area contributed by atoms with E-state index in [2.05, 4.69) is 45.0 Å². The Labute approximate surface area is 219 Å². The van der Waals surface area contributed by atoms with Crippen molar-refractivity contribution >= 4 is 5.97 Å². The van der Waals surface area contributed by atoms with Crippen molar-refractivity contribution in [3.05, 3.63) is 35.4 Å². The maximum Gasteiger partial charge on any atom is 0.110 e. The summed E-state index contributed by atoms with van der Waals surface area (Å²) < 4.78 is 15.9. The number of halogens is 1. The number of hydrogen-bond acceptors (Lipinski definition) is 2. The molecule has 0 saturated heterocycles. The average molecular weight is 498 g/mol. The molecule has 0 heterocycles. The number of aliphatic carboxylic acids is 1. The van der Waals surface area contributed by atoms with Gasteiger partial charge in [0.25, 0.3) is 0 Å². The Hall–Kier alpha value is -1.38. The van der Waals surface area contributed by atoms with Gasteiger partial charge in [-0.2, -0.15) is 0 Å². The molecular formula is C33H50FO2-. The van der Waals surface area contributed by atoms with E-state index < -0.39 is 23.5 Å². The summed E-state index contributed by atoms with van der Waals surface area (Å²) in [5.74, 6) is 2.18. The van der Waals surface area contributed by atoms with E-state index in [1.807, 2.05) is 0 Å². The summed E-state index contributed by atoms with van der Waals surface area (Å²) in [7, 11) is 0. The highest BCUT2D eigenvalue weighted by Crippen LogP contribution is 2.51. The molecule has 4 unspecified atom stereocenters. The van der Waals surface area contributed by atoms with Gasteiger partial charge in [-0.1, -0.05) is 77.1 Å². The molecule has 0 aromatic heterocycles. The summed E-state index contributed by atoms with van der Waals surface area (Å²) in [5.41, 5.74) is 1.93. The molecule has 4 rings (SSSR count). The third-order valence-corrected chi connectivity index (χ3v) is 10.8. The van der Waals surface area contributed by atoms with Gasteiger partial charge in [-0.15, -0.1) is 0 Å². The van der Waals surface area contributed by atoms with Gasteiger partial charge in [-0.3, -0.25) is 0 Å². The predicted octanol–water partition coefficient (Wildman–Crippen LogP) is 8.13. The van der Waals surface area contributed by atoms with Crippen LogP contribution in [0.2, 0.25) is 0 Å². The normalized spacial score (nSPS) is 36.3. The lowest BCUT2D eigenvalue weighted by molar-refractivity contribution is -0.313. The molecule has 202 valence electrons. The van der Waals surface area contributed by atoms with E-state index in [4.69, 9.17) is 0 Å². The van der Waals surface area contributed by atoms with Crippen molar-refractivity contribution in [3.63, 3.8) is 0 Å². The Morgan fingerprint density at radius 3 is 2.19 bits per heavy atom. The number of carbonyl (C=O) groups is 1. The minimum Gasteiger partial charge on any atom is -0.550 e. The molecule has 36 heavy (non-hydrogen) atoms. The van der Waals surface area contributed by atoms with E-state index in [-0.39, 0.29) is 6.42 Å². The molecule has 4 atom stereocenters. The molecule has 0 spiro atoms. The van der Waals surface area contributed by atoms with Gasteiger partial charge >= 0.3 is 0 Å². The second-order valence-electron chi connectivity index (χ2n) is 12.8. The van der Waals surface area contributed by atoms with Gasteiger partial charge in [0.1, 0.15) is 6.17 Å². The lowest BCUT2D eigenvalue weighted by Crippen LogP contribution is -2.47. The third-order valence-electron chi connectivity index (χ3n) is 10.8. The van der Waals surface area contributed by atoms with E-state index in [1.54, 1.807) is 0 Å². The van der Waals surface area contributed by atoms with Gasteiger partial charge in [0, 0.05) is 17.3 Å². The predicted molar refractivity (Wildman–Crippen MR) is 144 cm³/mol. The Kier molecular flexibility index (Phi) is 9.56. The minimum absolute atomic E-state index is 0.0939. The number of carboxylic acids is 1. The minimum atomic E-state index is -1.12. The van der Waals surface area contributed by atoms with Crippen molar-refractivity contribution in [1.29, 1.82) is 0 Å². The fourth-order valence-corrected chi connectivity index (χ4v) is 8.64. The highest BCUT2D eigenvalue weighted by Gasteiger charge is 2.46. The molecule has 3 aliphatic rings. The van der Waals surface area contributed by atoms with Gasteiger partial charge in [0.15, 0.2) is 0 Å².